The smallest absolute Gasteiger partial charge is 0.293 e. The van der Waals surface area contributed by atoms with Crippen LogP contribution in [0.3, 0.4) is 0 Å². The van der Waals surface area contributed by atoms with Crippen molar-refractivity contribution in [3.05, 3.63) is 68.5 Å². The molecule has 0 saturated carbocycles. The molecule has 0 radical (unpaired) electrons. The maximum absolute atomic E-state index is 12.5. The van der Waals surface area contributed by atoms with Crippen LogP contribution in [0.4, 0.5) is 4.79 Å². The monoisotopic (exact) mass is 379 g/mol. The molecule has 1 aliphatic rings. The first kappa shape index (κ1) is 16.9. The van der Waals surface area contributed by atoms with Crippen LogP contribution in [0, 0.1) is 0 Å². The summed E-state index contributed by atoms with van der Waals surface area (Å²) in [6, 6.07) is 11.5. The van der Waals surface area contributed by atoms with E-state index in [1.807, 2.05) is 0 Å². The van der Waals surface area contributed by atoms with Gasteiger partial charge < -0.3 is 5.11 Å². The van der Waals surface area contributed by atoms with Crippen LogP contribution in [0.5, 0.6) is 5.75 Å². The molecule has 0 spiro atoms. The van der Waals surface area contributed by atoms with Gasteiger partial charge in [0, 0.05) is 15.6 Å². The minimum Gasteiger partial charge on any atom is -0.507 e. The predicted octanol–water partition coefficient (Wildman–Crippen LogP) is 4.94. The van der Waals surface area contributed by atoms with Crippen LogP contribution in [0.15, 0.2) is 47.4 Å². The first-order chi connectivity index (χ1) is 11.4. The quantitative estimate of drug-likeness (QED) is 0.767. The van der Waals surface area contributed by atoms with Crippen molar-refractivity contribution in [1.29, 1.82) is 0 Å². The van der Waals surface area contributed by atoms with Gasteiger partial charge in [0.05, 0.1) is 11.4 Å². The maximum atomic E-state index is 12.5. The highest BCUT2D eigenvalue weighted by atomic mass is 35.5. The lowest BCUT2D eigenvalue weighted by molar-refractivity contribution is -0.123. The zero-order chi connectivity index (χ0) is 17.3. The Labute approximate surface area is 152 Å². The molecule has 1 fully saturated rings. The number of hydrogen-bond donors (Lipinski definition) is 1. The molecule has 0 bridgehead atoms. The average Bonchev–Trinajstić information content (AvgIpc) is 2.79. The average molecular weight is 380 g/mol. The summed E-state index contributed by atoms with van der Waals surface area (Å²) in [4.78, 5) is 26.0. The zero-order valence-corrected chi connectivity index (χ0v) is 14.5. The number of hydrogen-bond acceptors (Lipinski definition) is 4. The normalized spacial score (nSPS) is 16.2. The number of halogens is 2. The fraction of sp³-hybridized carbons (Fsp3) is 0.0588. The number of aromatic hydroxyl groups is 1. The molecule has 3 rings (SSSR count). The minimum atomic E-state index is -0.413. The Hall–Kier alpha value is -1.95. The van der Waals surface area contributed by atoms with E-state index in [1.165, 1.54) is 18.2 Å². The lowest BCUT2D eigenvalue weighted by Crippen LogP contribution is -2.27. The molecule has 0 unspecified atom stereocenters. The van der Waals surface area contributed by atoms with Gasteiger partial charge in [-0.1, -0.05) is 35.3 Å². The molecular formula is C17H11Cl2NO3S. The second kappa shape index (κ2) is 6.89. The molecule has 2 aromatic carbocycles. The van der Waals surface area contributed by atoms with E-state index in [2.05, 4.69) is 0 Å². The van der Waals surface area contributed by atoms with E-state index in [4.69, 9.17) is 23.2 Å². The third-order valence-electron chi connectivity index (χ3n) is 3.38. The summed E-state index contributed by atoms with van der Waals surface area (Å²) in [5.74, 6) is -0.426. The molecule has 2 aromatic rings. The summed E-state index contributed by atoms with van der Waals surface area (Å²) < 4.78 is 0. The van der Waals surface area contributed by atoms with E-state index in [0.29, 0.717) is 15.6 Å². The molecule has 0 aliphatic carbocycles. The third kappa shape index (κ3) is 3.59. The van der Waals surface area contributed by atoms with Crippen LogP contribution >= 0.6 is 35.0 Å². The van der Waals surface area contributed by atoms with Crippen molar-refractivity contribution >= 4 is 52.2 Å². The van der Waals surface area contributed by atoms with Crippen LogP contribution < -0.4 is 0 Å². The molecule has 1 saturated heterocycles. The molecule has 4 nitrogen and oxygen atoms in total. The summed E-state index contributed by atoms with van der Waals surface area (Å²) in [7, 11) is 0. The highest BCUT2D eigenvalue weighted by Crippen LogP contribution is 2.35. The van der Waals surface area contributed by atoms with Gasteiger partial charge in [-0.15, -0.1) is 0 Å². The Bertz CT molecular complexity index is 867. The largest absolute Gasteiger partial charge is 0.507 e. The lowest BCUT2D eigenvalue weighted by atomic mass is 10.1. The van der Waals surface area contributed by atoms with Gasteiger partial charge in [-0.05, 0) is 53.7 Å². The predicted molar refractivity (Wildman–Crippen MR) is 96.1 cm³/mol. The van der Waals surface area contributed by atoms with Gasteiger partial charge in [0.25, 0.3) is 11.1 Å². The topological polar surface area (TPSA) is 57.6 Å². The van der Waals surface area contributed by atoms with Crippen molar-refractivity contribution in [1.82, 2.24) is 4.90 Å². The lowest BCUT2D eigenvalue weighted by Gasteiger charge is -2.12. The molecule has 0 aromatic heterocycles. The number of imide groups is 1. The number of benzene rings is 2. The number of nitrogens with zero attached hydrogens (tertiary/aromatic N) is 1. The minimum absolute atomic E-state index is 0.0129. The van der Waals surface area contributed by atoms with Crippen molar-refractivity contribution in [2.45, 2.75) is 6.54 Å². The maximum Gasteiger partial charge on any atom is 0.293 e. The highest BCUT2D eigenvalue weighted by Gasteiger charge is 2.35. The van der Waals surface area contributed by atoms with E-state index >= 15 is 0 Å². The Morgan fingerprint density at radius 2 is 1.83 bits per heavy atom. The summed E-state index contributed by atoms with van der Waals surface area (Å²) in [5.41, 5.74) is 1.15. The molecule has 24 heavy (non-hydrogen) atoms. The molecule has 0 atom stereocenters. The van der Waals surface area contributed by atoms with E-state index in [0.717, 1.165) is 22.2 Å². The van der Waals surface area contributed by atoms with E-state index in [-0.39, 0.29) is 22.4 Å². The summed E-state index contributed by atoms with van der Waals surface area (Å²) in [6.07, 6.45) is 1.46. The Kier molecular flexibility index (Phi) is 4.85. The Morgan fingerprint density at radius 1 is 1.08 bits per heavy atom. The van der Waals surface area contributed by atoms with Gasteiger partial charge in [-0.25, -0.2) is 0 Å². The number of carbonyl (C=O) groups excluding carboxylic acids is 2. The van der Waals surface area contributed by atoms with Gasteiger partial charge in [0.2, 0.25) is 0 Å². The molecule has 1 aliphatic heterocycles. The van der Waals surface area contributed by atoms with Gasteiger partial charge in [0.1, 0.15) is 5.75 Å². The molecule has 7 heteroatoms. The second-order valence-electron chi connectivity index (χ2n) is 5.10. The van der Waals surface area contributed by atoms with E-state index in [1.54, 1.807) is 30.3 Å². The number of rotatable bonds is 3. The number of phenolic OH excluding ortho intramolecular Hbond substituents is 1. The first-order valence-electron chi connectivity index (χ1n) is 6.92. The van der Waals surface area contributed by atoms with Crippen molar-refractivity contribution in [2.75, 3.05) is 0 Å². The number of amides is 2. The fourth-order valence-corrected chi connectivity index (χ4v) is 3.46. The summed E-state index contributed by atoms with van der Waals surface area (Å²) in [5, 5.41) is 10.4. The number of thioether (sulfide) groups is 1. The van der Waals surface area contributed by atoms with Crippen molar-refractivity contribution in [2.24, 2.45) is 0 Å². The van der Waals surface area contributed by atoms with Crippen molar-refractivity contribution in [3.8, 4) is 5.75 Å². The fourth-order valence-electron chi connectivity index (χ4n) is 2.24. The molecule has 1 N–H and O–H groups in total. The molecule has 122 valence electrons. The Balaban J connectivity index is 1.86. The van der Waals surface area contributed by atoms with Crippen molar-refractivity contribution in [3.63, 3.8) is 0 Å². The first-order valence-corrected chi connectivity index (χ1v) is 8.49. The van der Waals surface area contributed by atoms with Crippen LogP contribution in [0.25, 0.3) is 6.08 Å². The van der Waals surface area contributed by atoms with Gasteiger partial charge in [0.15, 0.2) is 0 Å². The van der Waals surface area contributed by atoms with Gasteiger partial charge in [-0.2, -0.15) is 0 Å². The van der Waals surface area contributed by atoms with Crippen LogP contribution in [-0.4, -0.2) is 21.2 Å². The second-order valence-corrected chi connectivity index (χ2v) is 6.97. The summed E-state index contributed by atoms with van der Waals surface area (Å²) in [6.45, 7) is 0.143. The standard InChI is InChI=1S/C17H11Cl2NO3S/c18-12-3-1-2-10(6-12)9-20-16(22)15(24-17(20)23)8-11-7-13(19)4-5-14(11)21/h1-8,21H,9H2/b15-8-. The van der Waals surface area contributed by atoms with Crippen molar-refractivity contribution < 1.29 is 14.7 Å². The van der Waals surface area contributed by atoms with E-state index in [9.17, 15) is 14.7 Å². The highest BCUT2D eigenvalue weighted by molar-refractivity contribution is 8.18. The van der Waals surface area contributed by atoms with Gasteiger partial charge >= 0.3 is 0 Å². The van der Waals surface area contributed by atoms with Crippen LogP contribution in [0.1, 0.15) is 11.1 Å². The number of phenols is 1. The molecule has 2 amide bonds. The Morgan fingerprint density at radius 3 is 2.58 bits per heavy atom. The summed E-state index contributed by atoms with van der Waals surface area (Å²) >= 11 is 12.6. The van der Waals surface area contributed by atoms with Crippen LogP contribution in [0.2, 0.25) is 10.0 Å². The zero-order valence-electron chi connectivity index (χ0n) is 12.2. The van der Waals surface area contributed by atoms with E-state index < -0.39 is 5.91 Å². The van der Waals surface area contributed by atoms with Gasteiger partial charge in [-0.3, -0.25) is 14.5 Å². The molecule has 1 heterocycles. The SMILES string of the molecule is O=C1S/C(=C\c2cc(Cl)ccc2O)C(=O)N1Cc1cccc(Cl)c1. The molecular weight excluding hydrogens is 369 g/mol. The number of carbonyl (C=O) groups is 2. The third-order valence-corrected chi connectivity index (χ3v) is 4.76. The van der Waals surface area contributed by atoms with Crippen LogP contribution in [-0.2, 0) is 11.3 Å².